The van der Waals surface area contributed by atoms with E-state index in [0.29, 0.717) is 5.82 Å². The Morgan fingerprint density at radius 2 is 1.93 bits per heavy atom. The molecule has 1 aromatic carbocycles. The molecule has 0 fully saturated rings. The SMILES string of the molecule is Cc1ccc(Nc2cnnc(Cl)n2)cc1. The van der Waals surface area contributed by atoms with Crippen molar-refractivity contribution in [2.75, 3.05) is 5.32 Å². The lowest BCUT2D eigenvalue weighted by atomic mass is 10.2. The first-order valence-corrected chi connectivity index (χ1v) is 4.81. The van der Waals surface area contributed by atoms with Gasteiger partial charge in [0.15, 0.2) is 5.82 Å². The van der Waals surface area contributed by atoms with Gasteiger partial charge in [-0.1, -0.05) is 17.7 Å². The molecule has 0 aliphatic rings. The van der Waals surface area contributed by atoms with Crippen LogP contribution in [0.2, 0.25) is 5.28 Å². The third-order valence-corrected chi connectivity index (χ3v) is 2.02. The van der Waals surface area contributed by atoms with Crippen molar-refractivity contribution in [2.24, 2.45) is 0 Å². The normalized spacial score (nSPS) is 10.0. The molecule has 0 amide bonds. The highest BCUT2D eigenvalue weighted by Crippen LogP contribution is 2.14. The Bertz CT molecular complexity index is 455. The summed E-state index contributed by atoms with van der Waals surface area (Å²) in [4.78, 5) is 3.97. The fourth-order valence-corrected chi connectivity index (χ4v) is 1.26. The molecule has 0 bridgehead atoms. The van der Waals surface area contributed by atoms with Crippen LogP contribution in [0.25, 0.3) is 0 Å². The van der Waals surface area contributed by atoms with Crippen molar-refractivity contribution >= 4 is 23.1 Å². The van der Waals surface area contributed by atoms with Gasteiger partial charge in [0.1, 0.15) is 0 Å². The molecule has 0 spiro atoms. The van der Waals surface area contributed by atoms with Gasteiger partial charge in [-0.25, -0.2) is 0 Å². The highest BCUT2D eigenvalue weighted by molar-refractivity contribution is 6.28. The van der Waals surface area contributed by atoms with Crippen LogP contribution in [-0.4, -0.2) is 15.2 Å². The second-order valence-electron chi connectivity index (χ2n) is 3.10. The molecule has 1 heterocycles. The fourth-order valence-electron chi connectivity index (χ4n) is 1.13. The van der Waals surface area contributed by atoms with E-state index in [0.717, 1.165) is 5.69 Å². The standard InChI is InChI=1S/C10H9ClN4/c1-7-2-4-8(5-3-7)13-9-6-12-15-10(11)14-9/h2-6H,1H3,(H,13,14,15). The lowest BCUT2D eigenvalue weighted by Crippen LogP contribution is -1.96. The first kappa shape index (κ1) is 9.86. The van der Waals surface area contributed by atoms with Crippen molar-refractivity contribution in [3.05, 3.63) is 41.3 Å². The van der Waals surface area contributed by atoms with E-state index in [1.165, 1.54) is 11.8 Å². The summed E-state index contributed by atoms with van der Waals surface area (Å²) in [6, 6.07) is 7.95. The van der Waals surface area contributed by atoms with Crippen LogP contribution in [0.3, 0.4) is 0 Å². The quantitative estimate of drug-likeness (QED) is 0.845. The number of nitrogens with one attached hydrogen (secondary N) is 1. The molecule has 5 heteroatoms. The molecule has 0 aliphatic heterocycles. The smallest absolute Gasteiger partial charge is 0.244 e. The maximum Gasteiger partial charge on any atom is 0.244 e. The van der Waals surface area contributed by atoms with E-state index in [9.17, 15) is 0 Å². The average Bonchev–Trinajstić information content (AvgIpc) is 2.22. The molecule has 0 unspecified atom stereocenters. The summed E-state index contributed by atoms with van der Waals surface area (Å²) in [6.07, 6.45) is 1.52. The summed E-state index contributed by atoms with van der Waals surface area (Å²) in [5, 5.41) is 10.5. The second-order valence-corrected chi connectivity index (χ2v) is 3.44. The summed E-state index contributed by atoms with van der Waals surface area (Å²) in [7, 11) is 0. The Morgan fingerprint density at radius 1 is 1.20 bits per heavy atom. The zero-order valence-corrected chi connectivity index (χ0v) is 8.86. The molecule has 4 nitrogen and oxygen atoms in total. The molecule has 2 aromatic rings. The summed E-state index contributed by atoms with van der Waals surface area (Å²) in [5.41, 5.74) is 2.15. The molecule has 0 aliphatic carbocycles. The highest BCUT2D eigenvalue weighted by Gasteiger charge is 1.98. The Labute approximate surface area is 92.3 Å². The average molecular weight is 221 g/mol. The number of anilines is 2. The minimum Gasteiger partial charge on any atom is -0.339 e. The van der Waals surface area contributed by atoms with Crippen molar-refractivity contribution in [3.8, 4) is 0 Å². The first-order valence-electron chi connectivity index (χ1n) is 4.43. The van der Waals surface area contributed by atoms with Gasteiger partial charge < -0.3 is 5.32 Å². The topological polar surface area (TPSA) is 50.7 Å². The summed E-state index contributed by atoms with van der Waals surface area (Å²) >= 11 is 5.61. The number of benzene rings is 1. The van der Waals surface area contributed by atoms with Crippen LogP contribution in [0.15, 0.2) is 30.5 Å². The maximum atomic E-state index is 5.61. The number of hydrogen-bond acceptors (Lipinski definition) is 4. The lowest BCUT2D eigenvalue weighted by Gasteiger charge is -2.04. The van der Waals surface area contributed by atoms with Gasteiger partial charge in [-0.05, 0) is 30.7 Å². The minimum absolute atomic E-state index is 0.132. The molecule has 1 aromatic heterocycles. The maximum absolute atomic E-state index is 5.61. The zero-order valence-electron chi connectivity index (χ0n) is 8.11. The van der Waals surface area contributed by atoms with Gasteiger partial charge in [0.05, 0.1) is 6.20 Å². The molecular weight excluding hydrogens is 212 g/mol. The Morgan fingerprint density at radius 3 is 2.60 bits per heavy atom. The van der Waals surface area contributed by atoms with Crippen LogP contribution in [0.5, 0.6) is 0 Å². The van der Waals surface area contributed by atoms with Crippen LogP contribution in [0.1, 0.15) is 5.56 Å². The number of halogens is 1. The van der Waals surface area contributed by atoms with Gasteiger partial charge in [0, 0.05) is 5.69 Å². The van der Waals surface area contributed by atoms with Crippen LogP contribution in [0, 0.1) is 6.92 Å². The van der Waals surface area contributed by atoms with E-state index in [1.54, 1.807) is 0 Å². The highest BCUT2D eigenvalue weighted by atomic mass is 35.5. The minimum atomic E-state index is 0.132. The van der Waals surface area contributed by atoms with E-state index in [2.05, 4.69) is 20.5 Å². The second kappa shape index (κ2) is 4.23. The number of nitrogens with zero attached hydrogens (tertiary/aromatic N) is 3. The molecule has 15 heavy (non-hydrogen) atoms. The van der Waals surface area contributed by atoms with Crippen LogP contribution >= 0.6 is 11.6 Å². The van der Waals surface area contributed by atoms with Crippen molar-refractivity contribution in [3.63, 3.8) is 0 Å². The van der Waals surface area contributed by atoms with E-state index in [1.807, 2.05) is 31.2 Å². The van der Waals surface area contributed by atoms with Crippen LogP contribution in [0.4, 0.5) is 11.5 Å². The zero-order chi connectivity index (χ0) is 10.7. The van der Waals surface area contributed by atoms with Gasteiger partial charge in [-0.3, -0.25) is 0 Å². The Kier molecular flexibility index (Phi) is 2.78. The molecule has 0 radical (unpaired) electrons. The van der Waals surface area contributed by atoms with E-state index in [-0.39, 0.29) is 5.28 Å². The van der Waals surface area contributed by atoms with Gasteiger partial charge in [-0.2, -0.15) is 10.1 Å². The number of rotatable bonds is 2. The predicted octanol–water partition coefficient (Wildman–Crippen LogP) is 2.58. The molecule has 0 atom stereocenters. The molecule has 0 saturated carbocycles. The molecule has 1 N–H and O–H groups in total. The molecular formula is C10H9ClN4. The monoisotopic (exact) mass is 220 g/mol. The molecule has 76 valence electrons. The van der Waals surface area contributed by atoms with Crippen molar-refractivity contribution in [2.45, 2.75) is 6.92 Å². The van der Waals surface area contributed by atoms with E-state index < -0.39 is 0 Å². The van der Waals surface area contributed by atoms with Crippen molar-refractivity contribution in [1.82, 2.24) is 15.2 Å². The summed E-state index contributed by atoms with van der Waals surface area (Å²) in [5.74, 6) is 0.582. The molecule has 0 saturated heterocycles. The van der Waals surface area contributed by atoms with E-state index >= 15 is 0 Å². The molecule has 2 rings (SSSR count). The van der Waals surface area contributed by atoms with Gasteiger partial charge in [0.2, 0.25) is 5.28 Å². The largest absolute Gasteiger partial charge is 0.339 e. The van der Waals surface area contributed by atoms with Crippen molar-refractivity contribution in [1.29, 1.82) is 0 Å². The Balaban J connectivity index is 2.18. The third kappa shape index (κ3) is 2.63. The predicted molar refractivity (Wildman–Crippen MR) is 59.3 cm³/mol. The summed E-state index contributed by atoms with van der Waals surface area (Å²) in [6.45, 7) is 2.03. The van der Waals surface area contributed by atoms with Gasteiger partial charge in [0.25, 0.3) is 0 Å². The van der Waals surface area contributed by atoms with Crippen LogP contribution in [-0.2, 0) is 0 Å². The number of hydrogen-bond donors (Lipinski definition) is 1. The first-order chi connectivity index (χ1) is 7.24. The van der Waals surface area contributed by atoms with Gasteiger partial charge in [-0.15, -0.1) is 5.10 Å². The van der Waals surface area contributed by atoms with E-state index in [4.69, 9.17) is 11.6 Å². The fraction of sp³-hybridized carbons (Fsp3) is 0.100. The Hall–Kier alpha value is -1.68. The third-order valence-electron chi connectivity index (χ3n) is 1.86. The lowest BCUT2D eigenvalue weighted by molar-refractivity contribution is 0.974. The number of aryl methyl sites for hydroxylation is 1. The van der Waals surface area contributed by atoms with Crippen molar-refractivity contribution < 1.29 is 0 Å². The van der Waals surface area contributed by atoms with Crippen LogP contribution < -0.4 is 5.32 Å². The van der Waals surface area contributed by atoms with Gasteiger partial charge >= 0.3 is 0 Å². The summed E-state index contributed by atoms with van der Waals surface area (Å²) < 4.78 is 0. The number of aromatic nitrogens is 3.